The zero-order valence-electron chi connectivity index (χ0n) is 10.7. The maximum absolute atomic E-state index is 5.61. The SMILES string of the molecule is CCNc1cc(C)nc(COCCC2CC2)n1. The molecule has 17 heavy (non-hydrogen) atoms. The first-order valence-corrected chi connectivity index (χ1v) is 6.44. The molecule has 1 saturated carbocycles. The first kappa shape index (κ1) is 12.3. The van der Waals surface area contributed by atoms with Crippen molar-refractivity contribution in [2.45, 2.75) is 39.7 Å². The molecular formula is C13H21N3O. The van der Waals surface area contributed by atoms with Crippen LogP contribution in [0.1, 0.15) is 37.7 Å². The summed E-state index contributed by atoms with van der Waals surface area (Å²) >= 11 is 0. The van der Waals surface area contributed by atoms with Gasteiger partial charge in [0.15, 0.2) is 5.82 Å². The van der Waals surface area contributed by atoms with Gasteiger partial charge in [0.2, 0.25) is 0 Å². The predicted molar refractivity (Wildman–Crippen MR) is 67.9 cm³/mol. The molecule has 4 nitrogen and oxygen atoms in total. The number of hydrogen-bond donors (Lipinski definition) is 1. The smallest absolute Gasteiger partial charge is 0.156 e. The highest BCUT2D eigenvalue weighted by Crippen LogP contribution is 2.32. The Morgan fingerprint density at radius 3 is 2.94 bits per heavy atom. The van der Waals surface area contributed by atoms with Gasteiger partial charge in [-0.25, -0.2) is 9.97 Å². The molecule has 0 bridgehead atoms. The lowest BCUT2D eigenvalue weighted by Gasteiger charge is -2.07. The van der Waals surface area contributed by atoms with Crippen LogP contribution in [0.15, 0.2) is 6.07 Å². The Labute approximate surface area is 103 Å². The van der Waals surface area contributed by atoms with Crippen LogP contribution in [0.2, 0.25) is 0 Å². The summed E-state index contributed by atoms with van der Waals surface area (Å²) in [6.07, 6.45) is 3.95. The van der Waals surface area contributed by atoms with E-state index in [9.17, 15) is 0 Å². The van der Waals surface area contributed by atoms with Crippen LogP contribution in [-0.4, -0.2) is 23.1 Å². The number of ether oxygens (including phenoxy) is 1. The average molecular weight is 235 g/mol. The van der Waals surface area contributed by atoms with Crippen LogP contribution in [0.4, 0.5) is 5.82 Å². The molecule has 0 saturated heterocycles. The highest BCUT2D eigenvalue weighted by Gasteiger charge is 2.20. The predicted octanol–water partition coefficient (Wildman–Crippen LogP) is 2.53. The maximum Gasteiger partial charge on any atom is 0.156 e. The molecule has 2 rings (SSSR count). The van der Waals surface area contributed by atoms with Gasteiger partial charge in [-0.3, -0.25) is 0 Å². The molecule has 0 aromatic carbocycles. The Morgan fingerprint density at radius 2 is 2.24 bits per heavy atom. The van der Waals surface area contributed by atoms with Crippen LogP contribution < -0.4 is 5.32 Å². The molecular weight excluding hydrogens is 214 g/mol. The van der Waals surface area contributed by atoms with Gasteiger partial charge in [0.05, 0.1) is 0 Å². The number of aromatic nitrogens is 2. The maximum atomic E-state index is 5.61. The molecule has 0 unspecified atom stereocenters. The molecule has 1 aliphatic carbocycles. The third-order valence-corrected chi connectivity index (χ3v) is 2.86. The Kier molecular flexibility index (Phi) is 4.31. The van der Waals surface area contributed by atoms with Gasteiger partial charge in [0.25, 0.3) is 0 Å². The van der Waals surface area contributed by atoms with Gasteiger partial charge in [0, 0.05) is 24.9 Å². The molecule has 1 N–H and O–H groups in total. The van der Waals surface area contributed by atoms with E-state index in [0.717, 1.165) is 36.4 Å². The van der Waals surface area contributed by atoms with Crippen molar-refractivity contribution in [2.75, 3.05) is 18.5 Å². The Morgan fingerprint density at radius 1 is 1.41 bits per heavy atom. The zero-order chi connectivity index (χ0) is 12.1. The molecule has 0 spiro atoms. The highest BCUT2D eigenvalue weighted by atomic mass is 16.5. The largest absolute Gasteiger partial charge is 0.373 e. The summed E-state index contributed by atoms with van der Waals surface area (Å²) < 4.78 is 5.61. The topological polar surface area (TPSA) is 47.0 Å². The average Bonchev–Trinajstić information content (AvgIpc) is 3.08. The van der Waals surface area contributed by atoms with Crippen LogP contribution in [0.3, 0.4) is 0 Å². The van der Waals surface area contributed by atoms with Crippen molar-refractivity contribution < 1.29 is 4.74 Å². The van der Waals surface area contributed by atoms with Gasteiger partial charge >= 0.3 is 0 Å². The van der Waals surface area contributed by atoms with E-state index in [1.54, 1.807) is 0 Å². The Hall–Kier alpha value is -1.16. The minimum Gasteiger partial charge on any atom is -0.373 e. The second kappa shape index (κ2) is 5.96. The van der Waals surface area contributed by atoms with E-state index in [1.807, 2.05) is 13.0 Å². The number of hydrogen-bond acceptors (Lipinski definition) is 4. The Bertz CT molecular complexity index is 364. The summed E-state index contributed by atoms with van der Waals surface area (Å²) in [4.78, 5) is 8.78. The minimum absolute atomic E-state index is 0.521. The lowest BCUT2D eigenvalue weighted by molar-refractivity contribution is 0.110. The van der Waals surface area contributed by atoms with Crippen LogP contribution in [-0.2, 0) is 11.3 Å². The first-order chi connectivity index (χ1) is 8.28. The highest BCUT2D eigenvalue weighted by molar-refractivity contribution is 5.35. The molecule has 0 atom stereocenters. The summed E-state index contributed by atoms with van der Waals surface area (Å²) in [5.41, 5.74) is 0.983. The molecule has 0 aliphatic heterocycles. The molecule has 1 aliphatic rings. The fourth-order valence-corrected chi connectivity index (χ4v) is 1.79. The quantitative estimate of drug-likeness (QED) is 0.738. The summed E-state index contributed by atoms with van der Waals surface area (Å²) in [7, 11) is 0. The van der Waals surface area contributed by atoms with Crippen LogP contribution in [0.5, 0.6) is 0 Å². The molecule has 4 heteroatoms. The number of rotatable bonds is 7. The first-order valence-electron chi connectivity index (χ1n) is 6.44. The van der Waals surface area contributed by atoms with Crippen LogP contribution in [0.25, 0.3) is 0 Å². The summed E-state index contributed by atoms with van der Waals surface area (Å²) in [5, 5.41) is 3.20. The fourth-order valence-electron chi connectivity index (χ4n) is 1.79. The second-order valence-corrected chi connectivity index (χ2v) is 4.63. The molecule has 94 valence electrons. The van der Waals surface area contributed by atoms with Crippen molar-refractivity contribution in [3.8, 4) is 0 Å². The van der Waals surface area contributed by atoms with Gasteiger partial charge in [-0.15, -0.1) is 0 Å². The van der Waals surface area contributed by atoms with Crippen molar-refractivity contribution >= 4 is 5.82 Å². The van der Waals surface area contributed by atoms with Crippen molar-refractivity contribution in [1.29, 1.82) is 0 Å². The Balaban J connectivity index is 1.80. The summed E-state index contributed by atoms with van der Waals surface area (Å²) in [5.74, 6) is 2.59. The third-order valence-electron chi connectivity index (χ3n) is 2.86. The standard InChI is InChI=1S/C13H21N3O/c1-3-14-12-8-10(2)15-13(16-12)9-17-7-6-11-4-5-11/h8,11H,3-7,9H2,1-2H3,(H,14,15,16). The molecule has 0 amide bonds. The van der Waals surface area contributed by atoms with Gasteiger partial charge in [-0.2, -0.15) is 0 Å². The van der Waals surface area contributed by atoms with Crippen molar-refractivity contribution in [1.82, 2.24) is 9.97 Å². The van der Waals surface area contributed by atoms with E-state index in [0.29, 0.717) is 6.61 Å². The second-order valence-electron chi connectivity index (χ2n) is 4.63. The van der Waals surface area contributed by atoms with E-state index < -0.39 is 0 Å². The molecule has 0 radical (unpaired) electrons. The van der Waals surface area contributed by atoms with E-state index >= 15 is 0 Å². The molecule has 1 aromatic rings. The lowest BCUT2D eigenvalue weighted by atomic mass is 10.3. The van der Waals surface area contributed by atoms with Gasteiger partial charge in [-0.1, -0.05) is 12.8 Å². The van der Waals surface area contributed by atoms with E-state index in [2.05, 4.69) is 22.2 Å². The van der Waals surface area contributed by atoms with E-state index in [4.69, 9.17) is 4.74 Å². The monoisotopic (exact) mass is 235 g/mol. The summed E-state index contributed by atoms with van der Waals surface area (Å²) in [6.45, 7) is 6.27. The number of nitrogens with one attached hydrogen (secondary N) is 1. The number of aryl methyl sites for hydroxylation is 1. The van der Waals surface area contributed by atoms with Crippen molar-refractivity contribution in [2.24, 2.45) is 5.92 Å². The van der Waals surface area contributed by atoms with E-state index in [1.165, 1.54) is 19.3 Å². The van der Waals surface area contributed by atoms with Gasteiger partial charge in [-0.05, 0) is 26.2 Å². The third kappa shape index (κ3) is 4.30. The van der Waals surface area contributed by atoms with Crippen molar-refractivity contribution in [3.63, 3.8) is 0 Å². The molecule has 1 fully saturated rings. The lowest BCUT2D eigenvalue weighted by Crippen LogP contribution is -2.06. The van der Waals surface area contributed by atoms with Crippen LogP contribution in [0, 0.1) is 12.8 Å². The summed E-state index contributed by atoms with van der Waals surface area (Å²) in [6, 6.07) is 1.96. The van der Waals surface area contributed by atoms with Gasteiger partial charge in [0.1, 0.15) is 12.4 Å². The van der Waals surface area contributed by atoms with E-state index in [-0.39, 0.29) is 0 Å². The van der Waals surface area contributed by atoms with Gasteiger partial charge < -0.3 is 10.1 Å². The normalized spacial score (nSPS) is 14.9. The van der Waals surface area contributed by atoms with Crippen LogP contribution >= 0.6 is 0 Å². The minimum atomic E-state index is 0.521. The zero-order valence-corrected chi connectivity index (χ0v) is 10.7. The molecule has 1 aromatic heterocycles. The number of nitrogens with zero attached hydrogens (tertiary/aromatic N) is 2. The fraction of sp³-hybridized carbons (Fsp3) is 0.692. The number of anilines is 1. The van der Waals surface area contributed by atoms with Crippen molar-refractivity contribution in [3.05, 3.63) is 17.6 Å². The molecule has 1 heterocycles.